The maximum atomic E-state index is 13.3. The topological polar surface area (TPSA) is 71.2 Å². The van der Waals surface area contributed by atoms with E-state index in [1.54, 1.807) is 18.5 Å². The zero-order valence-corrected chi connectivity index (χ0v) is 17.7. The Balaban J connectivity index is 1.80. The summed E-state index contributed by atoms with van der Waals surface area (Å²) in [5, 5.41) is 3.35. The van der Waals surface area contributed by atoms with Crippen molar-refractivity contribution >= 4 is 23.1 Å². The third-order valence-corrected chi connectivity index (χ3v) is 5.36. The van der Waals surface area contributed by atoms with Crippen molar-refractivity contribution in [2.75, 3.05) is 43.0 Å². The van der Waals surface area contributed by atoms with Crippen molar-refractivity contribution in [2.45, 2.75) is 20.0 Å². The van der Waals surface area contributed by atoms with Crippen molar-refractivity contribution in [3.8, 4) is 11.8 Å². The fourth-order valence-corrected chi connectivity index (χ4v) is 3.82. The van der Waals surface area contributed by atoms with Gasteiger partial charge in [0.15, 0.2) is 11.2 Å². The van der Waals surface area contributed by atoms with Crippen molar-refractivity contribution in [3.05, 3.63) is 46.2 Å². The number of hydrogen-bond acceptors (Lipinski definition) is 6. The molecule has 1 saturated heterocycles. The number of piperazine rings is 1. The van der Waals surface area contributed by atoms with Crippen molar-refractivity contribution in [1.29, 1.82) is 0 Å². The van der Waals surface area contributed by atoms with Gasteiger partial charge < -0.3 is 15.1 Å². The fraction of sp³-hybridized carbons (Fsp3) is 0.409. The van der Waals surface area contributed by atoms with Gasteiger partial charge in [-0.05, 0) is 12.5 Å². The largest absolute Gasteiger partial charge is 0.341 e. The van der Waals surface area contributed by atoms with Crippen LogP contribution >= 0.6 is 0 Å². The minimum Gasteiger partial charge on any atom is -0.341 e. The second-order valence-electron chi connectivity index (χ2n) is 7.45. The van der Waals surface area contributed by atoms with E-state index in [9.17, 15) is 4.79 Å². The summed E-state index contributed by atoms with van der Waals surface area (Å²) >= 11 is 0. The molecule has 0 atom stereocenters. The van der Waals surface area contributed by atoms with Crippen molar-refractivity contribution < 1.29 is 0 Å². The maximum Gasteiger partial charge on any atom is 0.281 e. The number of rotatable bonds is 5. The molecule has 0 bridgehead atoms. The number of aromatic nitrogens is 4. The molecule has 1 aliphatic heterocycles. The number of nitrogens with one attached hydrogen (secondary N) is 1. The second kappa shape index (κ2) is 8.59. The van der Waals surface area contributed by atoms with Crippen LogP contribution in [-0.4, -0.2) is 52.3 Å². The summed E-state index contributed by atoms with van der Waals surface area (Å²) in [6.07, 6.45) is 0. The van der Waals surface area contributed by atoms with E-state index in [1.807, 2.05) is 34.7 Å². The van der Waals surface area contributed by atoms with Gasteiger partial charge in [-0.1, -0.05) is 36.3 Å². The van der Waals surface area contributed by atoms with Crippen molar-refractivity contribution in [3.63, 3.8) is 0 Å². The first-order valence-electron chi connectivity index (χ1n) is 10.2. The van der Waals surface area contributed by atoms with E-state index in [2.05, 4.69) is 34.2 Å². The molecule has 0 saturated carbocycles. The summed E-state index contributed by atoms with van der Waals surface area (Å²) in [6.45, 7) is 6.32. The Bertz CT molecular complexity index is 1150. The zero-order valence-electron chi connectivity index (χ0n) is 17.7. The maximum absolute atomic E-state index is 13.3. The predicted molar refractivity (Wildman–Crippen MR) is 120 cm³/mol. The van der Waals surface area contributed by atoms with Gasteiger partial charge >= 0.3 is 0 Å². The Morgan fingerprint density at radius 3 is 2.60 bits per heavy atom. The molecule has 0 spiro atoms. The highest BCUT2D eigenvalue weighted by molar-refractivity contribution is 5.76. The van der Waals surface area contributed by atoms with Gasteiger partial charge in [-0.2, -0.15) is 9.97 Å². The summed E-state index contributed by atoms with van der Waals surface area (Å²) in [5.41, 5.74) is 2.02. The van der Waals surface area contributed by atoms with Crippen LogP contribution in [0.15, 0.2) is 35.1 Å². The fourth-order valence-electron chi connectivity index (χ4n) is 3.82. The smallest absolute Gasteiger partial charge is 0.281 e. The summed E-state index contributed by atoms with van der Waals surface area (Å²) in [5.74, 6) is 7.37. The van der Waals surface area contributed by atoms with E-state index >= 15 is 0 Å². The van der Waals surface area contributed by atoms with E-state index in [4.69, 9.17) is 9.97 Å². The number of nitrogens with zero attached hydrogens (tertiary/aromatic N) is 6. The Kier molecular flexibility index (Phi) is 5.72. The molecule has 3 aromatic rings. The van der Waals surface area contributed by atoms with Crippen LogP contribution in [0.2, 0.25) is 0 Å². The summed E-state index contributed by atoms with van der Waals surface area (Å²) < 4.78 is 3.51. The Hall–Kier alpha value is -3.31. The van der Waals surface area contributed by atoms with E-state index in [1.165, 1.54) is 0 Å². The minimum absolute atomic E-state index is 0.110. The van der Waals surface area contributed by atoms with Gasteiger partial charge in [0.1, 0.15) is 0 Å². The van der Waals surface area contributed by atoms with E-state index in [-0.39, 0.29) is 5.56 Å². The third kappa shape index (κ3) is 3.76. The first kappa shape index (κ1) is 20.0. The molecule has 0 aliphatic carbocycles. The molecular weight excluding hydrogens is 378 g/mol. The normalized spacial score (nSPS) is 13.9. The quantitative estimate of drug-likeness (QED) is 0.644. The first-order valence-corrected chi connectivity index (χ1v) is 10.2. The van der Waals surface area contributed by atoms with E-state index < -0.39 is 0 Å². The van der Waals surface area contributed by atoms with Gasteiger partial charge in [-0.15, -0.1) is 5.92 Å². The summed E-state index contributed by atoms with van der Waals surface area (Å²) in [4.78, 5) is 27.1. The molecule has 1 aromatic carbocycles. The number of benzene rings is 1. The lowest BCUT2D eigenvalue weighted by atomic mass is 10.2. The van der Waals surface area contributed by atoms with Crippen LogP contribution in [-0.2, 0) is 20.1 Å². The molecule has 1 aliphatic rings. The molecule has 2 aromatic heterocycles. The monoisotopic (exact) mass is 405 g/mol. The Morgan fingerprint density at radius 2 is 1.90 bits per heavy atom. The average molecular weight is 406 g/mol. The van der Waals surface area contributed by atoms with Crippen LogP contribution in [0.5, 0.6) is 0 Å². The second-order valence-corrected chi connectivity index (χ2v) is 7.45. The predicted octanol–water partition coefficient (Wildman–Crippen LogP) is 1.20. The molecule has 156 valence electrons. The average Bonchev–Trinajstić information content (AvgIpc) is 3.14. The van der Waals surface area contributed by atoms with Crippen LogP contribution in [0.25, 0.3) is 11.2 Å². The van der Waals surface area contributed by atoms with Crippen LogP contribution in [0.4, 0.5) is 11.9 Å². The van der Waals surface area contributed by atoms with Crippen LogP contribution in [0.1, 0.15) is 12.5 Å². The molecular formula is C22H27N7O. The first-order chi connectivity index (χ1) is 14.6. The van der Waals surface area contributed by atoms with Crippen molar-refractivity contribution in [2.24, 2.45) is 7.05 Å². The lowest BCUT2D eigenvalue weighted by Gasteiger charge is -2.28. The zero-order chi connectivity index (χ0) is 21.1. The summed E-state index contributed by atoms with van der Waals surface area (Å²) in [7, 11) is 3.70. The van der Waals surface area contributed by atoms with Gasteiger partial charge in [0.2, 0.25) is 11.9 Å². The molecule has 0 unspecified atom stereocenters. The van der Waals surface area contributed by atoms with Gasteiger partial charge in [0.25, 0.3) is 5.56 Å². The lowest BCUT2D eigenvalue weighted by molar-refractivity contribution is 0.573. The van der Waals surface area contributed by atoms with Crippen LogP contribution in [0, 0.1) is 11.8 Å². The minimum atomic E-state index is -0.110. The molecule has 1 N–H and O–H groups in total. The highest BCUT2D eigenvalue weighted by Gasteiger charge is 2.23. The number of imidazole rings is 1. The Labute approximate surface area is 176 Å². The molecule has 0 radical (unpaired) electrons. The highest BCUT2D eigenvalue weighted by atomic mass is 16.1. The number of hydrogen-bond donors (Lipinski definition) is 1. The van der Waals surface area contributed by atoms with Gasteiger partial charge in [0.05, 0.1) is 6.54 Å². The Morgan fingerprint density at radius 1 is 1.17 bits per heavy atom. The molecule has 1 fully saturated rings. The summed E-state index contributed by atoms with van der Waals surface area (Å²) in [6, 6.07) is 10.1. The number of anilines is 2. The number of fused-ring (bicyclic) bond motifs is 1. The molecule has 8 heteroatoms. The molecule has 3 heterocycles. The van der Waals surface area contributed by atoms with Gasteiger partial charge in [-0.3, -0.25) is 13.9 Å². The van der Waals surface area contributed by atoms with E-state index in [0.717, 1.165) is 37.7 Å². The van der Waals surface area contributed by atoms with Crippen LogP contribution in [0.3, 0.4) is 0 Å². The molecule has 8 nitrogen and oxygen atoms in total. The third-order valence-electron chi connectivity index (χ3n) is 5.36. The van der Waals surface area contributed by atoms with E-state index in [0.29, 0.717) is 30.2 Å². The molecule has 0 amide bonds. The SMILES string of the molecule is CC#CCn1c(N2CCNCC2)nc2nc(N(C)Cc3ccccc3)n(C)c(=O)c21. The lowest BCUT2D eigenvalue weighted by Crippen LogP contribution is -2.44. The molecule has 4 rings (SSSR count). The molecule has 30 heavy (non-hydrogen) atoms. The highest BCUT2D eigenvalue weighted by Crippen LogP contribution is 2.22. The van der Waals surface area contributed by atoms with Crippen molar-refractivity contribution in [1.82, 2.24) is 24.4 Å². The van der Waals surface area contributed by atoms with Gasteiger partial charge in [0, 0.05) is 46.8 Å². The van der Waals surface area contributed by atoms with Gasteiger partial charge in [-0.25, -0.2) is 0 Å². The standard InChI is InChI=1S/C22H27N7O/c1-4-5-13-29-18-19(25-22(29)28-14-11-23-12-15-28)24-21(27(3)20(18)30)26(2)16-17-9-7-6-8-10-17/h6-10,23H,11-16H2,1-3H3. The van der Waals surface area contributed by atoms with Crippen LogP contribution < -0.4 is 20.7 Å².